The van der Waals surface area contributed by atoms with Crippen LogP contribution in [0.5, 0.6) is 5.75 Å². The van der Waals surface area contributed by atoms with Crippen LogP contribution in [-0.2, 0) is 17.9 Å². The fourth-order valence-corrected chi connectivity index (χ4v) is 3.75. The first-order valence-electron chi connectivity index (χ1n) is 9.96. The first kappa shape index (κ1) is 21.7. The molecule has 5 nitrogen and oxygen atoms in total. The highest BCUT2D eigenvalue weighted by molar-refractivity contribution is 9.10. The van der Waals surface area contributed by atoms with Crippen molar-refractivity contribution in [3.8, 4) is 5.75 Å². The van der Waals surface area contributed by atoms with Gasteiger partial charge in [-0.1, -0.05) is 42.5 Å². The third-order valence-electron chi connectivity index (χ3n) is 4.69. The average molecular weight is 461 g/mol. The smallest absolute Gasteiger partial charge is 0.410 e. The van der Waals surface area contributed by atoms with Crippen molar-refractivity contribution in [3.05, 3.63) is 64.1 Å². The summed E-state index contributed by atoms with van der Waals surface area (Å²) in [5.41, 5.74) is 1.82. The first-order chi connectivity index (χ1) is 13.8. The summed E-state index contributed by atoms with van der Waals surface area (Å²) in [5, 5.41) is 0. The predicted molar refractivity (Wildman–Crippen MR) is 118 cm³/mol. The quantitative estimate of drug-likeness (QED) is 0.623. The molecule has 156 valence electrons. The lowest BCUT2D eigenvalue weighted by atomic mass is 10.1. The first-order valence-corrected chi connectivity index (χ1v) is 10.8. The van der Waals surface area contributed by atoms with Crippen LogP contribution in [0.3, 0.4) is 0 Å². The molecule has 0 bridgehead atoms. The summed E-state index contributed by atoms with van der Waals surface area (Å²) in [6, 6.07) is 16.3. The molecule has 0 radical (unpaired) electrons. The number of amides is 1. The molecule has 0 spiro atoms. The van der Waals surface area contributed by atoms with E-state index < -0.39 is 5.60 Å². The van der Waals surface area contributed by atoms with Crippen LogP contribution in [-0.4, -0.2) is 47.7 Å². The lowest BCUT2D eigenvalue weighted by molar-refractivity contribution is 0.0138. The maximum absolute atomic E-state index is 12.3. The van der Waals surface area contributed by atoms with Gasteiger partial charge in [-0.05, 0) is 48.3 Å². The second-order valence-electron chi connectivity index (χ2n) is 8.25. The summed E-state index contributed by atoms with van der Waals surface area (Å²) in [6.45, 7) is 9.96. The van der Waals surface area contributed by atoms with Gasteiger partial charge in [0, 0.05) is 38.3 Å². The predicted octanol–water partition coefficient (Wildman–Crippen LogP) is 5.08. The molecule has 2 aromatic rings. The Morgan fingerprint density at radius 2 is 1.69 bits per heavy atom. The Balaban J connectivity index is 1.58. The van der Waals surface area contributed by atoms with E-state index in [2.05, 4.69) is 39.0 Å². The van der Waals surface area contributed by atoms with Gasteiger partial charge in [0.05, 0.1) is 4.47 Å². The average Bonchev–Trinajstić information content (AvgIpc) is 2.67. The zero-order chi connectivity index (χ0) is 20.9. The van der Waals surface area contributed by atoms with E-state index in [-0.39, 0.29) is 6.09 Å². The number of halogens is 1. The number of para-hydroxylation sites is 1. The summed E-state index contributed by atoms with van der Waals surface area (Å²) < 4.78 is 12.6. The number of nitrogens with zero attached hydrogens (tertiary/aromatic N) is 2. The van der Waals surface area contributed by atoms with E-state index in [1.807, 2.05) is 51.1 Å². The highest BCUT2D eigenvalue weighted by Crippen LogP contribution is 2.31. The zero-order valence-electron chi connectivity index (χ0n) is 17.4. The number of carbonyl (C=O) groups excluding carboxylic acids is 1. The topological polar surface area (TPSA) is 42.0 Å². The molecule has 2 aromatic carbocycles. The molecular weight excluding hydrogens is 432 g/mol. The van der Waals surface area contributed by atoms with Gasteiger partial charge in [-0.15, -0.1) is 0 Å². The lowest BCUT2D eigenvalue weighted by Crippen LogP contribution is -2.49. The third kappa shape index (κ3) is 6.47. The highest BCUT2D eigenvalue weighted by atomic mass is 79.9. The number of hydrogen-bond acceptors (Lipinski definition) is 4. The maximum Gasteiger partial charge on any atom is 0.410 e. The van der Waals surface area contributed by atoms with E-state index in [4.69, 9.17) is 9.47 Å². The van der Waals surface area contributed by atoms with E-state index in [9.17, 15) is 4.79 Å². The zero-order valence-corrected chi connectivity index (χ0v) is 18.9. The van der Waals surface area contributed by atoms with Crippen molar-refractivity contribution in [2.24, 2.45) is 0 Å². The molecule has 1 heterocycles. The molecular formula is C23H29BrN2O3. The Bertz CT molecular complexity index is 813. The third-order valence-corrected chi connectivity index (χ3v) is 5.32. The minimum atomic E-state index is -0.463. The number of carbonyl (C=O) groups is 1. The van der Waals surface area contributed by atoms with Gasteiger partial charge >= 0.3 is 6.09 Å². The van der Waals surface area contributed by atoms with Gasteiger partial charge in [0.2, 0.25) is 0 Å². The summed E-state index contributed by atoms with van der Waals surface area (Å²) in [7, 11) is 0. The van der Waals surface area contributed by atoms with Crippen LogP contribution in [0.2, 0.25) is 0 Å². The second-order valence-corrected chi connectivity index (χ2v) is 9.10. The number of benzene rings is 2. The molecule has 1 fully saturated rings. The fourth-order valence-electron chi connectivity index (χ4n) is 3.23. The number of rotatable bonds is 5. The van der Waals surface area contributed by atoms with E-state index >= 15 is 0 Å². The van der Waals surface area contributed by atoms with Crippen molar-refractivity contribution in [3.63, 3.8) is 0 Å². The van der Waals surface area contributed by atoms with Gasteiger partial charge in [-0.3, -0.25) is 4.90 Å². The minimum absolute atomic E-state index is 0.230. The standard InChI is InChI=1S/C23H29BrN2O3/c1-23(2,3)29-22(27)26-14-12-25(13-15-26)16-19-10-7-11-20(24)21(19)28-17-18-8-5-4-6-9-18/h4-11H,12-17H2,1-3H3. The lowest BCUT2D eigenvalue weighted by Gasteiger charge is -2.35. The largest absolute Gasteiger partial charge is 0.487 e. The monoisotopic (exact) mass is 460 g/mol. The number of hydrogen-bond donors (Lipinski definition) is 0. The molecule has 0 aromatic heterocycles. The minimum Gasteiger partial charge on any atom is -0.487 e. The Morgan fingerprint density at radius 1 is 1.00 bits per heavy atom. The van der Waals surface area contributed by atoms with Crippen molar-refractivity contribution in [1.82, 2.24) is 9.80 Å². The Hall–Kier alpha value is -2.05. The highest BCUT2D eigenvalue weighted by Gasteiger charge is 2.26. The molecule has 1 amide bonds. The molecule has 1 saturated heterocycles. The fraction of sp³-hybridized carbons (Fsp3) is 0.435. The molecule has 0 saturated carbocycles. The van der Waals surface area contributed by atoms with Crippen LogP contribution in [0.4, 0.5) is 4.79 Å². The van der Waals surface area contributed by atoms with Crippen LogP contribution in [0.25, 0.3) is 0 Å². The van der Waals surface area contributed by atoms with Crippen LogP contribution in [0.1, 0.15) is 31.9 Å². The van der Waals surface area contributed by atoms with Crippen molar-refractivity contribution in [2.75, 3.05) is 26.2 Å². The van der Waals surface area contributed by atoms with Gasteiger partial charge in [-0.2, -0.15) is 0 Å². The van der Waals surface area contributed by atoms with Crippen LogP contribution < -0.4 is 4.74 Å². The molecule has 0 N–H and O–H groups in total. The van der Waals surface area contributed by atoms with Gasteiger partial charge < -0.3 is 14.4 Å². The summed E-state index contributed by atoms with van der Waals surface area (Å²) in [4.78, 5) is 16.4. The summed E-state index contributed by atoms with van der Waals surface area (Å²) in [5.74, 6) is 0.880. The van der Waals surface area contributed by atoms with E-state index in [0.29, 0.717) is 19.7 Å². The summed E-state index contributed by atoms with van der Waals surface area (Å²) >= 11 is 3.63. The van der Waals surface area contributed by atoms with Crippen molar-refractivity contribution >= 4 is 22.0 Å². The van der Waals surface area contributed by atoms with Gasteiger partial charge in [-0.25, -0.2) is 4.79 Å². The number of piperazine rings is 1. The van der Waals surface area contributed by atoms with Gasteiger partial charge in [0.1, 0.15) is 18.0 Å². The van der Waals surface area contributed by atoms with Gasteiger partial charge in [0.25, 0.3) is 0 Å². The van der Waals surface area contributed by atoms with Crippen LogP contribution in [0.15, 0.2) is 53.0 Å². The molecule has 1 aliphatic heterocycles. The molecule has 0 unspecified atom stereocenters. The van der Waals surface area contributed by atoms with E-state index in [1.54, 1.807) is 4.90 Å². The normalized spacial score (nSPS) is 15.2. The Kier molecular flexibility index (Phi) is 7.19. The Morgan fingerprint density at radius 3 is 2.34 bits per heavy atom. The van der Waals surface area contributed by atoms with Crippen LogP contribution >= 0.6 is 15.9 Å². The number of ether oxygens (including phenoxy) is 2. The van der Waals surface area contributed by atoms with Gasteiger partial charge in [0.15, 0.2) is 0 Å². The molecule has 3 rings (SSSR count). The van der Waals surface area contributed by atoms with Crippen molar-refractivity contribution < 1.29 is 14.3 Å². The van der Waals surface area contributed by atoms with Crippen molar-refractivity contribution in [2.45, 2.75) is 39.5 Å². The van der Waals surface area contributed by atoms with Crippen LogP contribution in [0, 0.1) is 0 Å². The van der Waals surface area contributed by atoms with Crippen molar-refractivity contribution in [1.29, 1.82) is 0 Å². The maximum atomic E-state index is 12.3. The SMILES string of the molecule is CC(C)(C)OC(=O)N1CCN(Cc2cccc(Br)c2OCc2ccccc2)CC1. The second kappa shape index (κ2) is 9.63. The van der Waals surface area contributed by atoms with E-state index in [0.717, 1.165) is 41.0 Å². The molecule has 0 atom stereocenters. The van der Waals surface area contributed by atoms with E-state index in [1.165, 1.54) is 0 Å². The molecule has 1 aliphatic rings. The Labute approximate surface area is 181 Å². The molecule has 0 aliphatic carbocycles. The molecule has 6 heteroatoms. The molecule has 29 heavy (non-hydrogen) atoms. The summed E-state index contributed by atoms with van der Waals surface area (Å²) in [6.07, 6.45) is -0.230.